The van der Waals surface area contributed by atoms with Crippen molar-refractivity contribution in [1.29, 1.82) is 0 Å². The fraction of sp³-hybridized carbons (Fsp3) is 0. The average molecular weight is 246 g/mol. The van der Waals surface area contributed by atoms with E-state index >= 15 is 0 Å². The number of carboxylic acids is 1. The van der Waals surface area contributed by atoms with Crippen molar-refractivity contribution < 1.29 is 14.3 Å². The van der Waals surface area contributed by atoms with Crippen LogP contribution in [-0.2, 0) is 4.79 Å². The smallest absolute Gasteiger partial charge is 0.328 e. The Labute approximate surface area is 82.0 Å². The molecule has 1 rings (SSSR count). The minimum absolute atomic E-state index is 0.136. The molecule has 13 heavy (non-hydrogen) atoms. The molecule has 0 amide bonds. The van der Waals surface area contributed by atoms with Crippen LogP contribution in [0.1, 0.15) is 5.56 Å². The zero-order chi connectivity index (χ0) is 9.84. The fourth-order valence-corrected chi connectivity index (χ4v) is 1.07. The standard InChI is InChI=1S/C8H5BrFNO2/c9-6-3-5(1-2-7(12)13)8(10)11-4-6/h1-4H,(H,12,13)/b2-1+. The summed E-state index contributed by atoms with van der Waals surface area (Å²) in [6.07, 6.45) is 3.30. The van der Waals surface area contributed by atoms with Crippen LogP contribution in [0, 0.1) is 5.95 Å². The van der Waals surface area contributed by atoms with E-state index < -0.39 is 11.9 Å². The van der Waals surface area contributed by atoms with Crippen molar-refractivity contribution in [3.8, 4) is 0 Å². The van der Waals surface area contributed by atoms with Gasteiger partial charge < -0.3 is 5.11 Å². The molecule has 0 radical (unpaired) electrons. The topological polar surface area (TPSA) is 50.2 Å². The van der Waals surface area contributed by atoms with Crippen molar-refractivity contribution in [2.75, 3.05) is 0 Å². The molecule has 0 aliphatic heterocycles. The molecular formula is C8H5BrFNO2. The van der Waals surface area contributed by atoms with Gasteiger partial charge in [-0.3, -0.25) is 0 Å². The number of hydrogen-bond donors (Lipinski definition) is 1. The molecule has 3 nitrogen and oxygen atoms in total. The summed E-state index contributed by atoms with van der Waals surface area (Å²) in [6.45, 7) is 0. The first-order chi connectivity index (χ1) is 6.09. The van der Waals surface area contributed by atoms with Gasteiger partial charge in [0, 0.05) is 22.3 Å². The fourth-order valence-electron chi connectivity index (χ4n) is 0.716. The summed E-state index contributed by atoms with van der Waals surface area (Å²) in [5.74, 6) is -1.82. The van der Waals surface area contributed by atoms with Gasteiger partial charge in [-0.05, 0) is 28.1 Å². The van der Waals surface area contributed by atoms with E-state index in [2.05, 4.69) is 20.9 Å². The Morgan fingerprint density at radius 2 is 2.38 bits per heavy atom. The van der Waals surface area contributed by atoms with E-state index in [1.165, 1.54) is 12.3 Å². The number of aromatic nitrogens is 1. The monoisotopic (exact) mass is 245 g/mol. The molecule has 0 aromatic carbocycles. The van der Waals surface area contributed by atoms with E-state index in [0.717, 1.165) is 12.2 Å². The third kappa shape index (κ3) is 2.95. The molecule has 0 atom stereocenters. The molecule has 1 N–H and O–H groups in total. The van der Waals surface area contributed by atoms with Gasteiger partial charge >= 0.3 is 5.97 Å². The van der Waals surface area contributed by atoms with Crippen molar-refractivity contribution in [1.82, 2.24) is 4.98 Å². The van der Waals surface area contributed by atoms with Gasteiger partial charge in [-0.25, -0.2) is 9.78 Å². The van der Waals surface area contributed by atoms with Gasteiger partial charge in [0.15, 0.2) is 0 Å². The van der Waals surface area contributed by atoms with Gasteiger partial charge in [-0.1, -0.05) is 0 Å². The van der Waals surface area contributed by atoms with Gasteiger partial charge in [0.25, 0.3) is 0 Å². The molecule has 0 aliphatic rings. The zero-order valence-electron chi connectivity index (χ0n) is 6.37. The number of carboxylic acid groups (broad SMARTS) is 1. The predicted octanol–water partition coefficient (Wildman–Crippen LogP) is 2.08. The molecule has 0 saturated heterocycles. The van der Waals surface area contributed by atoms with Crippen LogP contribution >= 0.6 is 15.9 Å². The second-order valence-corrected chi connectivity index (χ2v) is 3.12. The van der Waals surface area contributed by atoms with Crippen LogP contribution in [0.4, 0.5) is 4.39 Å². The van der Waals surface area contributed by atoms with Gasteiger partial charge in [-0.15, -0.1) is 0 Å². The van der Waals surface area contributed by atoms with Crippen LogP contribution in [0.15, 0.2) is 22.8 Å². The zero-order valence-corrected chi connectivity index (χ0v) is 7.95. The molecule has 0 saturated carbocycles. The van der Waals surface area contributed by atoms with E-state index in [1.54, 1.807) is 0 Å². The maximum absolute atomic E-state index is 12.8. The number of halogens is 2. The van der Waals surface area contributed by atoms with Crippen LogP contribution in [0.5, 0.6) is 0 Å². The number of aliphatic carboxylic acids is 1. The van der Waals surface area contributed by atoms with E-state index in [4.69, 9.17) is 5.11 Å². The minimum atomic E-state index is -1.13. The van der Waals surface area contributed by atoms with Crippen LogP contribution in [-0.4, -0.2) is 16.1 Å². The Hall–Kier alpha value is -1.23. The highest BCUT2D eigenvalue weighted by Crippen LogP contribution is 2.13. The Morgan fingerprint density at radius 3 is 3.00 bits per heavy atom. The highest BCUT2D eigenvalue weighted by Gasteiger charge is 2.00. The third-order valence-electron chi connectivity index (χ3n) is 1.24. The number of carbonyl (C=O) groups is 1. The van der Waals surface area contributed by atoms with Crippen LogP contribution < -0.4 is 0 Å². The summed E-state index contributed by atoms with van der Waals surface area (Å²) in [4.78, 5) is 13.5. The second-order valence-electron chi connectivity index (χ2n) is 2.21. The Kier molecular flexibility index (Phi) is 3.13. The highest BCUT2D eigenvalue weighted by atomic mass is 79.9. The Balaban J connectivity index is 3.00. The first kappa shape index (κ1) is 9.85. The molecule has 5 heteroatoms. The van der Waals surface area contributed by atoms with Crippen molar-refractivity contribution >= 4 is 28.0 Å². The quantitative estimate of drug-likeness (QED) is 0.642. The van der Waals surface area contributed by atoms with Gasteiger partial charge in [0.1, 0.15) is 0 Å². The third-order valence-corrected chi connectivity index (χ3v) is 1.67. The van der Waals surface area contributed by atoms with Crippen molar-refractivity contribution in [3.05, 3.63) is 34.3 Å². The van der Waals surface area contributed by atoms with Crippen molar-refractivity contribution in [2.24, 2.45) is 0 Å². The molecule has 0 aliphatic carbocycles. The number of hydrogen-bond acceptors (Lipinski definition) is 2. The lowest BCUT2D eigenvalue weighted by Gasteiger charge is -1.95. The molecule has 68 valence electrons. The lowest BCUT2D eigenvalue weighted by Crippen LogP contribution is -1.90. The molecule has 1 aromatic rings. The first-order valence-electron chi connectivity index (χ1n) is 3.31. The van der Waals surface area contributed by atoms with Crippen molar-refractivity contribution in [2.45, 2.75) is 0 Å². The Bertz CT molecular complexity index is 365. The van der Waals surface area contributed by atoms with E-state index in [9.17, 15) is 9.18 Å². The maximum Gasteiger partial charge on any atom is 0.328 e. The van der Waals surface area contributed by atoms with E-state index in [0.29, 0.717) is 4.47 Å². The largest absolute Gasteiger partial charge is 0.478 e. The molecule has 0 spiro atoms. The van der Waals surface area contributed by atoms with Crippen molar-refractivity contribution in [3.63, 3.8) is 0 Å². The highest BCUT2D eigenvalue weighted by molar-refractivity contribution is 9.10. The Morgan fingerprint density at radius 1 is 1.69 bits per heavy atom. The SMILES string of the molecule is O=C(O)/C=C/c1cc(Br)cnc1F. The first-order valence-corrected chi connectivity index (χ1v) is 4.11. The molecule has 0 unspecified atom stereocenters. The lowest BCUT2D eigenvalue weighted by atomic mass is 10.2. The molecule has 1 heterocycles. The molecule has 0 bridgehead atoms. The van der Waals surface area contributed by atoms with Gasteiger partial charge in [-0.2, -0.15) is 4.39 Å². The summed E-state index contributed by atoms with van der Waals surface area (Å²) >= 11 is 3.09. The average Bonchev–Trinajstić information content (AvgIpc) is 2.06. The summed E-state index contributed by atoms with van der Waals surface area (Å²) in [6, 6.07) is 1.45. The molecular weight excluding hydrogens is 241 g/mol. The van der Waals surface area contributed by atoms with Crippen LogP contribution in [0.2, 0.25) is 0 Å². The van der Waals surface area contributed by atoms with E-state index in [1.807, 2.05) is 0 Å². The summed E-state index contributed by atoms with van der Waals surface area (Å²) in [7, 11) is 0. The summed E-state index contributed by atoms with van der Waals surface area (Å²) < 4.78 is 13.4. The summed E-state index contributed by atoms with van der Waals surface area (Å²) in [5.41, 5.74) is 0.136. The minimum Gasteiger partial charge on any atom is -0.478 e. The number of rotatable bonds is 2. The normalized spacial score (nSPS) is 10.6. The van der Waals surface area contributed by atoms with E-state index in [-0.39, 0.29) is 5.56 Å². The maximum atomic E-state index is 12.8. The second kappa shape index (κ2) is 4.13. The lowest BCUT2D eigenvalue weighted by molar-refractivity contribution is -0.131. The molecule has 1 aromatic heterocycles. The summed E-state index contributed by atoms with van der Waals surface area (Å²) in [5, 5.41) is 8.29. The molecule has 0 fully saturated rings. The number of nitrogens with zero attached hydrogens (tertiary/aromatic N) is 1. The van der Waals surface area contributed by atoms with Crippen LogP contribution in [0.25, 0.3) is 6.08 Å². The van der Waals surface area contributed by atoms with Gasteiger partial charge in [0.05, 0.1) is 0 Å². The predicted molar refractivity (Wildman–Crippen MR) is 48.6 cm³/mol. The number of pyridine rings is 1. The van der Waals surface area contributed by atoms with Crippen LogP contribution in [0.3, 0.4) is 0 Å². The van der Waals surface area contributed by atoms with Gasteiger partial charge in [0.2, 0.25) is 5.95 Å².